The van der Waals surface area contributed by atoms with Crippen LogP contribution in [0.3, 0.4) is 0 Å². The molecule has 14 rings (SSSR count). The number of benzene rings is 6. The third-order valence-electron chi connectivity index (χ3n) is 14.7. The highest BCUT2D eigenvalue weighted by Crippen LogP contribution is 2.67. The molecular weight excluding hydrogens is 729 g/mol. The van der Waals surface area contributed by atoms with Gasteiger partial charge in [0.25, 0.3) is 0 Å². The van der Waals surface area contributed by atoms with Gasteiger partial charge in [-0.1, -0.05) is 141 Å². The molecule has 0 amide bonds. The highest BCUT2D eigenvalue weighted by Gasteiger charge is 2.57. The average Bonchev–Trinajstić information content (AvgIpc) is 3.99. The van der Waals surface area contributed by atoms with Crippen molar-refractivity contribution in [2.45, 2.75) is 30.1 Å². The van der Waals surface area contributed by atoms with E-state index in [0.29, 0.717) is 0 Å². The Morgan fingerprint density at radius 2 is 0.967 bits per heavy atom. The third kappa shape index (κ3) is 3.57. The summed E-state index contributed by atoms with van der Waals surface area (Å²) in [5.74, 6) is 0. The van der Waals surface area contributed by atoms with Crippen LogP contribution in [0.15, 0.2) is 183 Å². The topological polar surface area (TPSA) is 43.6 Å². The molecule has 4 heteroatoms. The number of hydrogen-bond donors (Lipinski definition) is 0. The molecule has 0 aliphatic heterocycles. The number of aromatic nitrogens is 4. The Balaban J connectivity index is 1.14. The van der Waals surface area contributed by atoms with Crippen LogP contribution >= 0.6 is 0 Å². The van der Waals surface area contributed by atoms with E-state index in [1.807, 2.05) is 24.8 Å². The first-order valence-corrected chi connectivity index (χ1v) is 20.9. The molecule has 4 aliphatic carbocycles. The molecule has 4 aromatic heterocycles. The summed E-state index contributed by atoms with van der Waals surface area (Å²) in [6.07, 6.45) is 7.84. The van der Waals surface area contributed by atoms with E-state index in [0.717, 1.165) is 39.1 Å². The lowest BCUT2D eigenvalue weighted by molar-refractivity contribution is 0.561. The number of hydrogen-bond acceptors (Lipinski definition) is 3. The Labute approximate surface area is 347 Å². The maximum Gasteiger partial charge on any atom is 0.0939 e. The predicted octanol–water partition coefficient (Wildman–Crippen LogP) is 12.3. The quantitative estimate of drug-likeness (QED) is 0.167. The zero-order chi connectivity index (χ0) is 39.5. The van der Waals surface area contributed by atoms with Gasteiger partial charge in [0.1, 0.15) is 0 Å². The highest BCUT2D eigenvalue weighted by molar-refractivity contribution is 6.09. The van der Waals surface area contributed by atoms with Crippen molar-refractivity contribution < 1.29 is 0 Å². The van der Waals surface area contributed by atoms with Gasteiger partial charge in [-0.05, 0) is 103 Å². The van der Waals surface area contributed by atoms with Crippen molar-refractivity contribution in [3.8, 4) is 39.3 Å². The van der Waals surface area contributed by atoms with Gasteiger partial charge >= 0.3 is 0 Å². The van der Waals surface area contributed by atoms with Gasteiger partial charge in [-0.25, -0.2) is 0 Å². The van der Waals surface area contributed by atoms with Gasteiger partial charge < -0.3 is 4.57 Å². The number of para-hydroxylation sites is 1. The lowest BCUT2D eigenvalue weighted by Gasteiger charge is -2.47. The summed E-state index contributed by atoms with van der Waals surface area (Å²) in [5, 5.41) is 2.30. The fraction of sp³-hybridized carbons (Fsp3) is 0.0893. The van der Waals surface area contributed by atoms with Crippen LogP contribution in [0.5, 0.6) is 0 Å². The van der Waals surface area contributed by atoms with Crippen molar-refractivity contribution in [2.24, 2.45) is 0 Å². The Morgan fingerprint density at radius 1 is 0.383 bits per heavy atom. The minimum absolute atomic E-state index is 0.324. The van der Waals surface area contributed by atoms with E-state index in [1.165, 1.54) is 77.7 Å². The average molecular weight is 765 g/mol. The fourth-order valence-corrected chi connectivity index (χ4v) is 12.4. The lowest BCUT2D eigenvalue weighted by Crippen LogP contribution is -2.41. The fourth-order valence-electron chi connectivity index (χ4n) is 12.4. The Bertz CT molecular complexity index is 3450. The zero-order valence-electron chi connectivity index (χ0n) is 33.1. The summed E-state index contributed by atoms with van der Waals surface area (Å²) in [4.78, 5) is 15.1. The largest absolute Gasteiger partial charge is 0.308 e. The zero-order valence-corrected chi connectivity index (χ0v) is 33.1. The minimum Gasteiger partial charge on any atom is -0.308 e. The monoisotopic (exact) mass is 764 g/mol. The second-order valence-corrected chi connectivity index (χ2v) is 17.5. The van der Waals surface area contributed by atoms with Gasteiger partial charge in [0.2, 0.25) is 0 Å². The molecule has 1 atom stereocenters. The molecule has 4 heterocycles. The number of rotatable bonds is 1. The molecule has 0 bridgehead atoms. The number of pyridine rings is 3. The van der Waals surface area contributed by atoms with Crippen LogP contribution in [0.4, 0.5) is 0 Å². The van der Waals surface area contributed by atoms with Crippen LogP contribution in [0.2, 0.25) is 0 Å². The van der Waals surface area contributed by atoms with Crippen molar-refractivity contribution >= 4 is 21.8 Å². The molecule has 0 saturated carbocycles. The molecule has 2 spiro atoms. The lowest BCUT2D eigenvalue weighted by atomic mass is 9.55. The molecule has 280 valence electrons. The summed E-state index contributed by atoms with van der Waals surface area (Å²) in [7, 11) is 0. The maximum absolute atomic E-state index is 5.42. The van der Waals surface area contributed by atoms with E-state index in [4.69, 9.17) is 9.97 Å². The van der Waals surface area contributed by atoms with Crippen molar-refractivity contribution in [1.29, 1.82) is 0 Å². The third-order valence-corrected chi connectivity index (χ3v) is 14.7. The van der Waals surface area contributed by atoms with Crippen LogP contribution in [0.1, 0.15) is 69.5 Å². The van der Waals surface area contributed by atoms with Gasteiger partial charge in [0.05, 0.1) is 45.1 Å². The van der Waals surface area contributed by atoms with Crippen LogP contribution in [0, 0.1) is 0 Å². The standard InChI is InChI=1S/C56H36N4/c1-54(2)43-21-10-11-22-44(43)56(45-23-13-26-58-52(45)53-49(56)28-33(31-59-53)60-50-24-12-6-17-37(50)39-32-57-27-25-51(39)60)48-29-38-36-16-5-9-20-42(36)55(46(38)30-47(48)54)40-18-7-3-14-34(40)35-15-4-8-19-41(35)55/h3-32H,1-2H3. The second kappa shape index (κ2) is 11.0. The minimum atomic E-state index is -0.686. The Kier molecular flexibility index (Phi) is 5.95. The molecule has 4 nitrogen and oxygen atoms in total. The maximum atomic E-state index is 5.42. The summed E-state index contributed by atoms with van der Waals surface area (Å²) in [6, 6.07) is 59.3. The van der Waals surface area contributed by atoms with E-state index in [9.17, 15) is 0 Å². The summed E-state index contributed by atoms with van der Waals surface area (Å²) in [6.45, 7) is 4.85. The highest BCUT2D eigenvalue weighted by atomic mass is 15.0. The summed E-state index contributed by atoms with van der Waals surface area (Å²) < 4.78 is 2.36. The van der Waals surface area contributed by atoms with Crippen LogP contribution in [-0.4, -0.2) is 19.5 Å². The van der Waals surface area contributed by atoms with Gasteiger partial charge in [-0.2, -0.15) is 0 Å². The van der Waals surface area contributed by atoms with Gasteiger partial charge in [-0.15, -0.1) is 0 Å². The van der Waals surface area contributed by atoms with Gasteiger partial charge in [-0.3, -0.25) is 15.0 Å². The van der Waals surface area contributed by atoms with Crippen molar-refractivity contribution in [3.63, 3.8) is 0 Å². The number of fused-ring (bicyclic) bond motifs is 22. The van der Waals surface area contributed by atoms with Crippen LogP contribution in [0.25, 0.3) is 61.1 Å². The molecular formula is C56H36N4. The number of nitrogens with zero attached hydrogens (tertiary/aromatic N) is 4. The molecule has 0 N–H and O–H groups in total. The van der Waals surface area contributed by atoms with Crippen molar-refractivity contribution in [1.82, 2.24) is 19.5 Å². The molecule has 0 saturated heterocycles. The second-order valence-electron chi connectivity index (χ2n) is 17.5. The van der Waals surface area contributed by atoms with Crippen LogP contribution < -0.4 is 0 Å². The Morgan fingerprint density at radius 3 is 1.72 bits per heavy atom. The molecule has 6 aromatic carbocycles. The van der Waals surface area contributed by atoms with E-state index in [1.54, 1.807) is 0 Å². The molecule has 4 aliphatic rings. The van der Waals surface area contributed by atoms with E-state index < -0.39 is 10.8 Å². The summed E-state index contributed by atoms with van der Waals surface area (Å²) >= 11 is 0. The predicted molar refractivity (Wildman–Crippen MR) is 240 cm³/mol. The smallest absolute Gasteiger partial charge is 0.0939 e. The normalized spacial score (nSPS) is 17.5. The molecule has 0 fully saturated rings. The first-order chi connectivity index (χ1) is 29.5. The van der Waals surface area contributed by atoms with E-state index >= 15 is 0 Å². The Hall–Kier alpha value is -7.43. The van der Waals surface area contributed by atoms with Crippen molar-refractivity contribution in [3.05, 3.63) is 238 Å². The molecule has 1 unspecified atom stereocenters. The van der Waals surface area contributed by atoms with Gasteiger partial charge in [0, 0.05) is 40.3 Å². The first-order valence-electron chi connectivity index (χ1n) is 20.9. The van der Waals surface area contributed by atoms with E-state index in [2.05, 4.69) is 181 Å². The van der Waals surface area contributed by atoms with Gasteiger partial charge in [0.15, 0.2) is 0 Å². The molecule has 10 aromatic rings. The van der Waals surface area contributed by atoms with Crippen LogP contribution in [-0.2, 0) is 16.2 Å². The SMILES string of the molecule is CC1(C)c2ccccc2C2(c3cc4c(cc31)C1(c3ccccc3-c3ccccc31)c1ccccc1-4)c1cccnc1-c1ncc(-n3c4ccccc4c4cnccc43)cc12. The molecule has 0 radical (unpaired) electrons. The van der Waals surface area contributed by atoms with Crippen molar-refractivity contribution in [2.75, 3.05) is 0 Å². The molecule has 60 heavy (non-hydrogen) atoms. The van der Waals surface area contributed by atoms with E-state index in [-0.39, 0.29) is 5.41 Å². The summed E-state index contributed by atoms with van der Waals surface area (Å²) in [5.41, 5.74) is 21.9. The first kappa shape index (κ1) is 32.5.